The lowest BCUT2D eigenvalue weighted by molar-refractivity contribution is 0.0654. The van der Waals surface area contributed by atoms with Crippen LogP contribution in [0.2, 0.25) is 0 Å². The number of hydrogen-bond acceptors (Lipinski definition) is 5. The summed E-state index contributed by atoms with van der Waals surface area (Å²) in [7, 11) is 0. The lowest BCUT2D eigenvalue weighted by atomic mass is 9.86. The molecule has 8 heteroatoms. The lowest BCUT2D eigenvalue weighted by Gasteiger charge is -2.45. The van der Waals surface area contributed by atoms with Crippen LogP contribution in [0.15, 0.2) is 30.6 Å². The summed E-state index contributed by atoms with van der Waals surface area (Å²) in [6.45, 7) is 6.03. The highest BCUT2D eigenvalue weighted by Gasteiger charge is 2.41. The molecule has 1 unspecified atom stereocenters. The SMILES string of the molecule is CC1(c2ccccc2N2CCn3ncnc3C2)CNCCN1C(=O)O. The monoisotopic (exact) mass is 342 g/mol. The smallest absolute Gasteiger partial charge is 0.408 e. The molecule has 4 rings (SSSR count). The maximum absolute atomic E-state index is 11.8. The lowest BCUT2D eigenvalue weighted by Crippen LogP contribution is -2.59. The minimum absolute atomic E-state index is 0.481. The predicted molar refractivity (Wildman–Crippen MR) is 92.5 cm³/mol. The van der Waals surface area contributed by atoms with Crippen molar-refractivity contribution in [1.29, 1.82) is 0 Å². The normalized spacial score (nSPS) is 23.4. The Kier molecular flexibility index (Phi) is 3.84. The van der Waals surface area contributed by atoms with Gasteiger partial charge in [0.25, 0.3) is 0 Å². The summed E-state index contributed by atoms with van der Waals surface area (Å²) in [5.41, 5.74) is 1.48. The third-order valence-electron chi connectivity index (χ3n) is 5.24. The van der Waals surface area contributed by atoms with Crippen LogP contribution in [-0.2, 0) is 18.6 Å². The molecule has 1 saturated heterocycles. The zero-order chi connectivity index (χ0) is 17.4. The van der Waals surface area contributed by atoms with E-state index in [1.165, 1.54) is 0 Å². The van der Waals surface area contributed by atoms with E-state index in [4.69, 9.17) is 0 Å². The van der Waals surface area contributed by atoms with Crippen molar-refractivity contribution >= 4 is 11.8 Å². The molecular weight excluding hydrogens is 320 g/mol. The summed E-state index contributed by atoms with van der Waals surface area (Å²) >= 11 is 0. The molecule has 1 amide bonds. The zero-order valence-corrected chi connectivity index (χ0v) is 14.2. The van der Waals surface area contributed by atoms with Crippen molar-refractivity contribution in [2.75, 3.05) is 31.1 Å². The second-order valence-electron chi connectivity index (χ2n) is 6.72. The molecule has 3 heterocycles. The van der Waals surface area contributed by atoms with Gasteiger partial charge in [0.15, 0.2) is 0 Å². The van der Waals surface area contributed by atoms with Crippen LogP contribution in [0.4, 0.5) is 10.5 Å². The molecule has 2 aliphatic rings. The van der Waals surface area contributed by atoms with E-state index < -0.39 is 11.6 Å². The van der Waals surface area contributed by atoms with Gasteiger partial charge in [0.05, 0.1) is 18.6 Å². The van der Waals surface area contributed by atoms with Crippen molar-refractivity contribution in [1.82, 2.24) is 25.0 Å². The first-order valence-corrected chi connectivity index (χ1v) is 8.52. The Morgan fingerprint density at radius 2 is 2.12 bits per heavy atom. The Bertz CT molecular complexity index is 791. The van der Waals surface area contributed by atoms with Gasteiger partial charge in [-0.05, 0) is 13.0 Å². The van der Waals surface area contributed by atoms with Crippen LogP contribution in [0.25, 0.3) is 0 Å². The topological polar surface area (TPSA) is 86.5 Å². The molecule has 0 spiro atoms. The van der Waals surface area contributed by atoms with Crippen LogP contribution in [0.3, 0.4) is 0 Å². The van der Waals surface area contributed by atoms with Crippen molar-refractivity contribution in [3.05, 3.63) is 42.0 Å². The van der Waals surface area contributed by atoms with Crippen LogP contribution in [-0.4, -0.2) is 57.0 Å². The minimum atomic E-state index is -0.878. The van der Waals surface area contributed by atoms with Gasteiger partial charge in [0, 0.05) is 37.4 Å². The number of carbonyl (C=O) groups is 1. The molecule has 2 N–H and O–H groups in total. The predicted octanol–water partition coefficient (Wildman–Crippen LogP) is 1.10. The molecule has 25 heavy (non-hydrogen) atoms. The van der Waals surface area contributed by atoms with Crippen LogP contribution < -0.4 is 10.2 Å². The Balaban J connectivity index is 1.73. The summed E-state index contributed by atoms with van der Waals surface area (Å²) in [6, 6.07) is 8.09. The van der Waals surface area contributed by atoms with E-state index in [2.05, 4.69) is 26.4 Å². The number of rotatable bonds is 2. The minimum Gasteiger partial charge on any atom is -0.465 e. The Hall–Kier alpha value is -2.61. The molecule has 1 fully saturated rings. The van der Waals surface area contributed by atoms with Crippen molar-refractivity contribution in [3.63, 3.8) is 0 Å². The van der Waals surface area contributed by atoms with Gasteiger partial charge >= 0.3 is 6.09 Å². The Labute approximate surface area is 146 Å². The fourth-order valence-corrected chi connectivity index (χ4v) is 3.89. The van der Waals surface area contributed by atoms with Gasteiger partial charge in [-0.2, -0.15) is 5.10 Å². The fourth-order valence-electron chi connectivity index (χ4n) is 3.89. The number of nitrogens with zero attached hydrogens (tertiary/aromatic N) is 5. The van der Waals surface area contributed by atoms with E-state index >= 15 is 0 Å². The number of hydrogen-bond donors (Lipinski definition) is 2. The van der Waals surface area contributed by atoms with Gasteiger partial charge in [0.1, 0.15) is 12.2 Å². The number of aromatic nitrogens is 3. The third kappa shape index (κ3) is 2.62. The van der Waals surface area contributed by atoms with Crippen molar-refractivity contribution < 1.29 is 9.90 Å². The summed E-state index contributed by atoms with van der Waals surface area (Å²) in [4.78, 5) is 20.0. The molecule has 2 aliphatic heterocycles. The number of benzene rings is 1. The van der Waals surface area contributed by atoms with E-state index in [1.807, 2.05) is 29.8 Å². The van der Waals surface area contributed by atoms with Gasteiger partial charge < -0.3 is 15.3 Å². The molecule has 0 radical (unpaired) electrons. The van der Waals surface area contributed by atoms with E-state index in [0.29, 0.717) is 26.2 Å². The first-order valence-electron chi connectivity index (χ1n) is 8.52. The molecule has 8 nitrogen and oxygen atoms in total. The molecule has 2 aromatic rings. The van der Waals surface area contributed by atoms with E-state index in [-0.39, 0.29) is 0 Å². The van der Waals surface area contributed by atoms with Crippen LogP contribution in [0, 0.1) is 0 Å². The van der Waals surface area contributed by atoms with Gasteiger partial charge in [-0.1, -0.05) is 18.2 Å². The van der Waals surface area contributed by atoms with Gasteiger partial charge in [-0.3, -0.25) is 4.90 Å². The number of nitrogens with one attached hydrogen (secondary N) is 1. The highest BCUT2D eigenvalue weighted by Crippen LogP contribution is 2.37. The Morgan fingerprint density at radius 3 is 2.96 bits per heavy atom. The molecule has 0 bridgehead atoms. The molecule has 0 aliphatic carbocycles. The quantitative estimate of drug-likeness (QED) is 0.850. The molecule has 1 aromatic carbocycles. The number of carboxylic acid groups (broad SMARTS) is 1. The van der Waals surface area contributed by atoms with Crippen LogP contribution >= 0.6 is 0 Å². The Morgan fingerprint density at radius 1 is 1.28 bits per heavy atom. The maximum Gasteiger partial charge on any atom is 0.408 e. The number of fused-ring (bicyclic) bond motifs is 1. The first-order chi connectivity index (χ1) is 12.1. The fraction of sp³-hybridized carbons (Fsp3) is 0.471. The van der Waals surface area contributed by atoms with E-state index in [0.717, 1.165) is 30.2 Å². The van der Waals surface area contributed by atoms with E-state index in [1.54, 1.807) is 11.2 Å². The zero-order valence-electron chi connectivity index (χ0n) is 14.2. The standard InChI is InChI=1S/C17H22N6O2/c1-17(11-18-6-7-22(17)16(24)25)13-4-2-3-5-14(13)21-8-9-23-15(10-21)19-12-20-23/h2-5,12,18H,6-11H2,1H3,(H,24,25). The average Bonchev–Trinajstić information content (AvgIpc) is 3.09. The van der Waals surface area contributed by atoms with Crippen LogP contribution in [0.1, 0.15) is 18.3 Å². The summed E-state index contributed by atoms with van der Waals surface area (Å²) in [5.74, 6) is 0.933. The maximum atomic E-state index is 11.8. The second kappa shape index (κ2) is 6.03. The average molecular weight is 342 g/mol. The molecule has 1 atom stereocenters. The van der Waals surface area contributed by atoms with Gasteiger partial charge in [-0.15, -0.1) is 0 Å². The van der Waals surface area contributed by atoms with Gasteiger partial charge in [0.2, 0.25) is 0 Å². The molecule has 132 valence electrons. The molecular formula is C17H22N6O2. The number of para-hydroxylation sites is 1. The second-order valence-corrected chi connectivity index (χ2v) is 6.72. The summed E-state index contributed by atoms with van der Waals surface area (Å²) < 4.78 is 1.92. The third-order valence-corrected chi connectivity index (χ3v) is 5.24. The highest BCUT2D eigenvalue weighted by atomic mass is 16.4. The largest absolute Gasteiger partial charge is 0.465 e. The first kappa shape index (κ1) is 15.9. The number of amides is 1. The molecule has 1 aromatic heterocycles. The van der Waals surface area contributed by atoms with E-state index in [9.17, 15) is 9.90 Å². The highest BCUT2D eigenvalue weighted by molar-refractivity contribution is 5.69. The van der Waals surface area contributed by atoms with Crippen molar-refractivity contribution in [2.45, 2.75) is 25.6 Å². The molecule has 0 saturated carbocycles. The summed E-state index contributed by atoms with van der Waals surface area (Å²) in [6.07, 6.45) is 0.709. The number of anilines is 1. The van der Waals surface area contributed by atoms with Crippen molar-refractivity contribution in [2.24, 2.45) is 0 Å². The van der Waals surface area contributed by atoms with Gasteiger partial charge in [-0.25, -0.2) is 14.5 Å². The summed E-state index contributed by atoms with van der Waals surface area (Å²) in [5, 5.41) is 17.3. The number of piperazine rings is 1. The van der Waals surface area contributed by atoms with Crippen LogP contribution in [0.5, 0.6) is 0 Å². The van der Waals surface area contributed by atoms with Crippen molar-refractivity contribution in [3.8, 4) is 0 Å².